The Labute approximate surface area is 123 Å². The van der Waals surface area contributed by atoms with Gasteiger partial charge in [-0.1, -0.05) is 23.2 Å². The van der Waals surface area contributed by atoms with Gasteiger partial charge in [-0.2, -0.15) is 0 Å². The predicted octanol–water partition coefficient (Wildman–Crippen LogP) is 3.74. The molecule has 0 aromatic heterocycles. The van der Waals surface area contributed by atoms with Crippen molar-refractivity contribution < 1.29 is 5.11 Å². The molecule has 2 N–H and O–H groups in total. The van der Waals surface area contributed by atoms with E-state index in [0.717, 1.165) is 18.2 Å². The molecule has 19 heavy (non-hydrogen) atoms. The van der Waals surface area contributed by atoms with E-state index < -0.39 is 0 Å². The van der Waals surface area contributed by atoms with Crippen molar-refractivity contribution in [2.24, 2.45) is 0 Å². The highest BCUT2D eigenvalue weighted by molar-refractivity contribution is 6.37. The van der Waals surface area contributed by atoms with Gasteiger partial charge in [0.1, 0.15) is 0 Å². The second-order valence-electron chi connectivity index (χ2n) is 5.49. The molecule has 0 radical (unpaired) electrons. The van der Waals surface area contributed by atoms with E-state index in [-0.39, 0.29) is 5.75 Å². The summed E-state index contributed by atoms with van der Waals surface area (Å²) in [6.07, 6.45) is 4.96. The Kier molecular flexibility index (Phi) is 3.79. The van der Waals surface area contributed by atoms with Crippen LogP contribution < -0.4 is 5.32 Å². The molecule has 0 amide bonds. The maximum atomic E-state index is 9.56. The van der Waals surface area contributed by atoms with Gasteiger partial charge in [-0.15, -0.1) is 0 Å². The van der Waals surface area contributed by atoms with Gasteiger partial charge in [0.05, 0.1) is 10.0 Å². The molecule has 0 saturated carbocycles. The largest absolute Gasteiger partial charge is 0.505 e. The summed E-state index contributed by atoms with van der Waals surface area (Å²) in [4.78, 5) is 2.59. The highest BCUT2D eigenvalue weighted by Crippen LogP contribution is 2.36. The number of anilines is 1. The van der Waals surface area contributed by atoms with Crippen LogP contribution >= 0.6 is 23.2 Å². The Morgan fingerprint density at radius 3 is 2.63 bits per heavy atom. The summed E-state index contributed by atoms with van der Waals surface area (Å²) in [5.74, 6) is -0.0421. The van der Waals surface area contributed by atoms with E-state index in [1.54, 1.807) is 12.1 Å². The third kappa shape index (κ3) is 2.78. The van der Waals surface area contributed by atoms with E-state index in [1.165, 1.54) is 32.4 Å². The van der Waals surface area contributed by atoms with Gasteiger partial charge in [0.2, 0.25) is 0 Å². The molecular weight excluding hydrogens is 283 g/mol. The number of benzene rings is 1. The molecular formula is C14H18Cl2N2O. The third-order valence-corrected chi connectivity index (χ3v) is 4.78. The van der Waals surface area contributed by atoms with Crippen LogP contribution in [0.3, 0.4) is 0 Å². The summed E-state index contributed by atoms with van der Waals surface area (Å²) >= 11 is 11.9. The van der Waals surface area contributed by atoms with Gasteiger partial charge < -0.3 is 15.3 Å². The van der Waals surface area contributed by atoms with Gasteiger partial charge in [0.25, 0.3) is 0 Å². The number of aromatic hydroxyl groups is 1. The Morgan fingerprint density at radius 2 is 1.89 bits per heavy atom. The Hall–Kier alpha value is -0.640. The molecule has 2 saturated heterocycles. The molecule has 5 heteroatoms. The second-order valence-corrected chi connectivity index (χ2v) is 6.30. The fraction of sp³-hybridized carbons (Fsp3) is 0.571. The zero-order chi connectivity index (χ0) is 13.4. The molecule has 2 aliphatic rings. The maximum absolute atomic E-state index is 9.56. The summed E-state index contributed by atoms with van der Waals surface area (Å²) in [5.41, 5.74) is 0.893. The highest BCUT2D eigenvalue weighted by atomic mass is 35.5. The number of piperidine rings is 1. The van der Waals surface area contributed by atoms with Gasteiger partial charge in [-0.25, -0.2) is 0 Å². The fourth-order valence-electron chi connectivity index (χ4n) is 3.24. The van der Waals surface area contributed by atoms with Crippen LogP contribution in [-0.2, 0) is 0 Å². The normalized spacial score (nSPS) is 27.3. The Balaban J connectivity index is 1.68. The van der Waals surface area contributed by atoms with Crippen LogP contribution in [0, 0.1) is 0 Å². The topological polar surface area (TPSA) is 35.5 Å². The van der Waals surface area contributed by atoms with Crippen LogP contribution in [0.15, 0.2) is 12.1 Å². The molecule has 3 rings (SSSR count). The minimum atomic E-state index is -0.0421. The number of halogens is 2. The van der Waals surface area contributed by atoms with Crippen molar-refractivity contribution in [1.82, 2.24) is 4.90 Å². The molecule has 3 nitrogen and oxygen atoms in total. The lowest BCUT2D eigenvalue weighted by molar-refractivity contribution is 0.188. The number of nitrogens with one attached hydrogen (secondary N) is 1. The minimum absolute atomic E-state index is 0.0421. The number of phenols is 1. The lowest BCUT2D eigenvalue weighted by Gasteiger charge is -2.35. The van der Waals surface area contributed by atoms with Crippen LogP contribution in [0.25, 0.3) is 0 Å². The van der Waals surface area contributed by atoms with E-state index in [9.17, 15) is 5.11 Å². The Morgan fingerprint density at radius 1 is 1.16 bits per heavy atom. The van der Waals surface area contributed by atoms with Crippen LogP contribution in [0.4, 0.5) is 5.69 Å². The van der Waals surface area contributed by atoms with Crippen LogP contribution in [0.2, 0.25) is 10.0 Å². The molecule has 0 aliphatic carbocycles. The lowest BCUT2D eigenvalue weighted by atomic mass is 9.97. The molecule has 2 unspecified atom stereocenters. The first-order valence-electron chi connectivity index (χ1n) is 6.82. The number of phenolic OH excluding ortho intramolecular Hbond substituents is 1. The quantitative estimate of drug-likeness (QED) is 0.817. The Bertz CT molecular complexity index is 458. The van der Waals surface area contributed by atoms with Gasteiger partial charge in [0, 0.05) is 24.3 Å². The SMILES string of the molecule is Oc1c(Cl)cc(NC2CCN3CCCC3C2)cc1Cl. The van der Waals surface area contributed by atoms with Gasteiger partial charge in [-0.3, -0.25) is 0 Å². The number of hydrogen-bond acceptors (Lipinski definition) is 3. The average molecular weight is 301 g/mol. The predicted molar refractivity (Wildman–Crippen MR) is 79.4 cm³/mol. The van der Waals surface area contributed by atoms with Crippen molar-refractivity contribution in [3.63, 3.8) is 0 Å². The first-order chi connectivity index (χ1) is 9.13. The van der Waals surface area contributed by atoms with Crippen molar-refractivity contribution in [3.8, 4) is 5.75 Å². The zero-order valence-electron chi connectivity index (χ0n) is 10.7. The standard InChI is InChI=1S/C14H18Cl2N2O/c15-12-7-10(8-13(16)14(12)19)17-9-3-5-18-4-1-2-11(18)6-9/h7-9,11,17,19H,1-6H2. The molecule has 104 valence electrons. The summed E-state index contributed by atoms with van der Waals surface area (Å²) in [7, 11) is 0. The molecule has 1 aromatic rings. The molecule has 2 aliphatic heterocycles. The van der Waals surface area contributed by atoms with E-state index in [1.807, 2.05) is 0 Å². The van der Waals surface area contributed by atoms with Gasteiger partial charge in [0.15, 0.2) is 5.75 Å². The van der Waals surface area contributed by atoms with Gasteiger partial charge in [-0.05, 0) is 44.4 Å². The van der Waals surface area contributed by atoms with Crippen LogP contribution in [0.5, 0.6) is 5.75 Å². The van der Waals surface area contributed by atoms with Crippen LogP contribution in [-0.4, -0.2) is 35.2 Å². The van der Waals surface area contributed by atoms with Crippen molar-refractivity contribution in [2.75, 3.05) is 18.4 Å². The van der Waals surface area contributed by atoms with E-state index >= 15 is 0 Å². The molecule has 2 atom stereocenters. The summed E-state index contributed by atoms with van der Waals surface area (Å²) in [6, 6.07) is 4.68. The maximum Gasteiger partial charge on any atom is 0.152 e. The molecule has 1 aromatic carbocycles. The van der Waals surface area contributed by atoms with E-state index in [0.29, 0.717) is 16.1 Å². The number of fused-ring (bicyclic) bond motifs is 1. The monoisotopic (exact) mass is 300 g/mol. The summed E-state index contributed by atoms with van der Waals surface area (Å²) < 4.78 is 0. The number of rotatable bonds is 2. The van der Waals surface area contributed by atoms with Crippen molar-refractivity contribution in [1.29, 1.82) is 0 Å². The highest BCUT2D eigenvalue weighted by Gasteiger charge is 2.31. The third-order valence-electron chi connectivity index (χ3n) is 4.21. The van der Waals surface area contributed by atoms with E-state index in [4.69, 9.17) is 23.2 Å². The first kappa shape index (κ1) is 13.3. The van der Waals surface area contributed by atoms with Crippen molar-refractivity contribution in [2.45, 2.75) is 37.8 Å². The van der Waals surface area contributed by atoms with Crippen molar-refractivity contribution >= 4 is 28.9 Å². The second kappa shape index (κ2) is 5.39. The molecule has 0 spiro atoms. The van der Waals surface area contributed by atoms with E-state index in [2.05, 4.69) is 10.2 Å². The number of nitrogens with zero attached hydrogens (tertiary/aromatic N) is 1. The smallest absolute Gasteiger partial charge is 0.152 e. The lowest BCUT2D eigenvalue weighted by Crippen LogP contribution is -2.42. The minimum Gasteiger partial charge on any atom is -0.505 e. The summed E-state index contributed by atoms with van der Waals surface area (Å²) in [5, 5.41) is 13.7. The molecule has 2 fully saturated rings. The summed E-state index contributed by atoms with van der Waals surface area (Å²) in [6.45, 7) is 2.43. The molecule has 0 bridgehead atoms. The fourth-order valence-corrected chi connectivity index (χ4v) is 3.73. The van der Waals surface area contributed by atoms with Crippen molar-refractivity contribution in [3.05, 3.63) is 22.2 Å². The number of hydrogen-bond donors (Lipinski definition) is 2. The first-order valence-corrected chi connectivity index (χ1v) is 7.57. The average Bonchev–Trinajstić information content (AvgIpc) is 2.83. The van der Waals surface area contributed by atoms with Gasteiger partial charge >= 0.3 is 0 Å². The zero-order valence-corrected chi connectivity index (χ0v) is 12.2. The molecule has 2 heterocycles. The van der Waals surface area contributed by atoms with Crippen LogP contribution in [0.1, 0.15) is 25.7 Å².